The van der Waals surface area contributed by atoms with E-state index in [4.69, 9.17) is 37.0 Å². The number of phosphoric ester groups is 2. The maximum absolute atomic E-state index is 13.1. The summed E-state index contributed by atoms with van der Waals surface area (Å²) in [5.74, 6) is -2.11. The van der Waals surface area contributed by atoms with Crippen LogP contribution >= 0.6 is 15.6 Å². The Morgan fingerprint density at radius 3 is 0.608 bits per heavy atom. The van der Waals surface area contributed by atoms with Gasteiger partial charge in [-0.3, -0.25) is 37.3 Å². The van der Waals surface area contributed by atoms with Crippen molar-refractivity contribution in [3.63, 3.8) is 0 Å². The number of aliphatic hydroxyl groups excluding tert-OH is 1. The van der Waals surface area contributed by atoms with E-state index in [-0.39, 0.29) is 25.7 Å². The lowest BCUT2D eigenvalue weighted by atomic mass is 10.0. The van der Waals surface area contributed by atoms with E-state index in [0.29, 0.717) is 25.7 Å². The molecule has 0 bridgehead atoms. The lowest BCUT2D eigenvalue weighted by Crippen LogP contribution is -2.30. The minimum absolute atomic E-state index is 0.108. The number of carbonyl (C=O) groups excluding carboxylic acids is 4. The van der Waals surface area contributed by atoms with Gasteiger partial charge in [0, 0.05) is 25.7 Å². The van der Waals surface area contributed by atoms with E-state index < -0.39 is 97.5 Å². The molecule has 0 radical (unpaired) electrons. The lowest BCUT2D eigenvalue weighted by Gasteiger charge is -2.21. The maximum atomic E-state index is 13.1. The Balaban J connectivity index is 5.20. The van der Waals surface area contributed by atoms with Crippen LogP contribution in [0.25, 0.3) is 0 Å². The molecule has 0 fully saturated rings. The van der Waals surface area contributed by atoms with Gasteiger partial charge in [0.05, 0.1) is 26.4 Å². The highest BCUT2D eigenvalue weighted by Crippen LogP contribution is 2.45. The summed E-state index contributed by atoms with van der Waals surface area (Å²) < 4.78 is 68.6. The monoisotopic (exact) mass is 1420 g/mol. The lowest BCUT2D eigenvalue weighted by molar-refractivity contribution is -0.161. The first-order chi connectivity index (χ1) is 47.2. The Hall–Kier alpha value is -1.94. The van der Waals surface area contributed by atoms with Gasteiger partial charge in [0.15, 0.2) is 12.2 Å². The molecule has 0 amide bonds. The van der Waals surface area contributed by atoms with E-state index in [2.05, 4.69) is 27.7 Å². The van der Waals surface area contributed by atoms with E-state index in [1.807, 2.05) is 0 Å². The second kappa shape index (κ2) is 72.4. The second-order valence-corrected chi connectivity index (χ2v) is 31.0. The summed E-state index contributed by atoms with van der Waals surface area (Å²) in [5.41, 5.74) is 0. The van der Waals surface area contributed by atoms with Gasteiger partial charge in [-0.25, -0.2) is 9.13 Å². The molecule has 5 atom stereocenters. The van der Waals surface area contributed by atoms with Crippen LogP contribution in [0.4, 0.5) is 0 Å². The molecule has 0 heterocycles. The zero-order valence-corrected chi connectivity index (χ0v) is 64.8. The molecule has 0 aliphatic carbocycles. The summed E-state index contributed by atoms with van der Waals surface area (Å²) in [6, 6.07) is 0. The molecule has 0 aromatic carbocycles. The Morgan fingerprint density at radius 1 is 0.247 bits per heavy atom. The van der Waals surface area contributed by atoms with Crippen LogP contribution in [-0.2, 0) is 65.4 Å². The van der Waals surface area contributed by atoms with E-state index in [0.717, 1.165) is 89.9 Å². The number of hydrogen-bond donors (Lipinski definition) is 3. The number of ether oxygens (including phenoxy) is 4. The van der Waals surface area contributed by atoms with Gasteiger partial charge in [-0.1, -0.05) is 368 Å². The van der Waals surface area contributed by atoms with Crippen molar-refractivity contribution in [1.29, 1.82) is 0 Å². The fourth-order valence-electron chi connectivity index (χ4n) is 12.1. The molecule has 0 spiro atoms. The molecule has 17 nitrogen and oxygen atoms in total. The minimum Gasteiger partial charge on any atom is -0.462 e. The number of rotatable bonds is 79. The van der Waals surface area contributed by atoms with Gasteiger partial charge in [0.1, 0.15) is 19.3 Å². The molecular weight excluding hydrogens is 1270 g/mol. The number of aliphatic hydroxyl groups is 1. The van der Waals surface area contributed by atoms with Crippen LogP contribution in [0.3, 0.4) is 0 Å². The standard InChI is InChI=1S/C78H152O17P2/c1-5-9-13-17-21-25-29-31-33-34-35-36-37-38-39-41-45-49-53-57-61-65-78(83)95-74(69-89-76(81)63-59-55-51-47-44-40-32-30-26-22-18-14-10-6-2)71-93-97(86,87)91-67-72(79)66-90-96(84,85)92-70-73(94-77(82)64-60-56-52-48-43-28-24-20-16-12-8-4)68-88-75(80)62-58-54-50-46-42-27-23-19-15-11-7-3/h72-74,79H,5-71H2,1-4H3,(H,84,85)(H,86,87)/t72-,73+,74+/m0/s1. The fourth-order valence-corrected chi connectivity index (χ4v) is 13.7. The molecule has 19 heteroatoms. The van der Waals surface area contributed by atoms with E-state index in [1.165, 1.54) is 250 Å². The average molecular weight is 1420 g/mol. The Morgan fingerprint density at radius 2 is 0.412 bits per heavy atom. The quantitative estimate of drug-likeness (QED) is 0.0222. The van der Waals surface area contributed by atoms with E-state index in [1.54, 1.807) is 0 Å². The summed E-state index contributed by atoms with van der Waals surface area (Å²) in [4.78, 5) is 72.8. The molecule has 2 unspecified atom stereocenters. The highest BCUT2D eigenvalue weighted by molar-refractivity contribution is 7.47. The number of esters is 4. The molecule has 576 valence electrons. The predicted molar refractivity (Wildman–Crippen MR) is 395 cm³/mol. The number of unbranched alkanes of at least 4 members (excludes halogenated alkanes) is 53. The van der Waals surface area contributed by atoms with Gasteiger partial charge in [0.2, 0.25) is 0 Å². The summed E-state index contributed by atoms with van der Waals surface area (Å²) in [6.07, 6.45) is 63.8. The SMILES string of the molecule is CCCCCCCCCCCCCCCCCCCCCCCC(=O)O[C@H](COC(=O)CCCCCCCCCCCCCCCC)COP(=O)(O)OC[C@@H](O)COP(=O)(O)OC[C@@H](COC(=O)CCCCCCCCCCCCC)OC(=O)CCCCCCCCCCCCC. The maximum Gasteiger partial charge on any atom is 0.472 e. The summed E-state index contributed by atoms with van der Waals surface area (Å²) in [5, 5.41) is 10.6. The molecule has 0 aromatic heterocycles. The van der Waals surface area contributed by atoms with Crippen molar-refractivity contribution in [3.8, 4) is 0 Å². The average Bonchev–Trinajstić information content (AvgIpc) is 2.91. The molecule has 3 N–H and O–H groups in total. The van der Waals surface area contributed by atoms with Crippen LogP contribution in [0, 0.1) is 0 Å². The molecular formula is C78H152O17P2. The molecule has 0 aromatic rings. The van der Waals surface area contributed by atoms with Crippen molar-refractivity contribution >= 4 is 39.5 Å². The predicted octanol–water partition coefficient (Wildman–Crippen LogP) is 23.4. The molecule has 97 heavy (non-hydrogen) atoms. The van der Waals surface area contributed by atoms with Crippen molar-refractivity contribution in [3.05, 3.63) is 0 Å². The van der Waals surface area contributed by atoms with Crippen LogP contribution < -0.4 is 0 Å². The van der Waals surface area contributed by atoms with Gasteiger partial charge in [-0.05, 0) is 25.7 Å². The Kier molecular flexibility index (Phi) is 71.0. The molecule has 0 rings (SSSR count). The Bertz CT molecular complexity index is 1840. The van der Waals surface area contributed by atoms with Crippen LogP contribution in [-0.4, -0.2) is 96.7 Å². The third-order valence-corrected chi connectivity index (χ3v) is 20.3. The van der Waals surface area contributed by atoms with Crippen molar-refractivity contribution in [2.75, 3.05) is 39.6 Å². The van der Waals surface area contributed by atoms with Crippen molar-refractivity contribution < 1.29 is 80.2 Å². The Labute approximate surface area is 594 Å². The van der Waals surface area contributed by atoms with Gasteiger partial charge in [-0.2, -0.15) is 0 Å². The number of carbonyl (C=O) groups is 4. The third kappa shape index (κ3) is 72.2. The van der Waals surface area contributed by atoms with Crippen LogP contribution in [0.15, 0.2) is 0 Å². The first-order valence-electron chi connectivity index (χ1n) is 40.8. The third-order valence-electron chi connectivity index (χ3n) is 18.4. The van der Waals surface area contributed by atoms with Crippen LogP contribution in [0.1, 0.15) is 419 Å². The van der Waals surface area contributed by atoms with Crippen molar-refractivity contribution in [2.24, 2.45) is 0 Å². The minimum atomic E-state index is -4.96. The zero-order chi connectivity index (χ0) is 71.1. The summed E-state index contributed by atoms with van der Waals surface area (Å²) in [6.45, 7) is 5.00. The van der Waals surface area contributed by atoms with Crippen LogP contribution in [0.5, 0.6) is 0 Å². The topological polar surface area (TPSA) is 237 Å². The van der Waals surface area contributed by atoms with E-state index in [9.17, 15) is 43.2 Å². The van der Waals surface area contributed by atoms with Gasteiger partial charge in [0.25, 0.3) is 0 Å². The zero-order valence-electron chi connectivity index (χ0n) is 63.1. The van der Waals surface area contributed by atoms with Gasteiger partial charge in [-0.15, -0.1) is 0 Å². The molecule has 0 aliphatic rings. The smallest absolute Gasteiger partial charge is 0.462 e. The van der Waals surface area contributed by atoms with E-state index >= 15 is 0 Å². The molecule has 0 saturated carbocycles. The second-order valence-electron chi connectivity index (χ2n) is 28.1. The highest BCUT2D eigenvalue weighted by atomic mass is 31.2. The van der Waals surface area contributed by atoms with Crippen molar-refractivity contribution in [2.45, 2.75) is 438 Å². The largest absolute Gasteiger partial charge is 0.472 e. The molecule has 0 saturated heterocycles. The van der Waals surface area contributed by atoms with Gasteiger partial charge >= 0.3 is 39.5 Å². The first kappa shape index (κ1) is 95.1. The summed E-state index contributed by atoms with van der Waals surface area (Å²) in [7, 11) is -9.91. The fraction of sp³-hybridized carbons (Fsp3) is 0.949. The van der Waals surface area contributed by atoms with Crippen LogP contribution in [0.2, 0.25) is 0 Å². The first-order valence-corrected chi connectivity index (χ1v) is 43.8. The summed E-state index contributed by atoms with van der Waals surface area (Å²) >= 11 is 0. The highest BCUT2D eigenvalue weighted by Gasteiger charge is 2.30. The molecule has 0 aliphatic heterocycles. The van der Waals surface area contributed by atoms with Crippen molar-refractivity contribution in [1.82, 2.24) is 0 Å². The normalized spacial score (nSPS) is 13.8. The number of phosphoric acid groups is 2. The van der Waals surface area contributed by atoms with Gasteiger partial charge < -0.3 is 33.8 Å². The number of hydrogen-bond acceptors (Lipinski definition) is 15.